The minimum atomic E-state index is 0.815. The molecule has 0 saturated carbocycles. The summed E-state index contributed by atoms with van der Waals surface area (Å²) in [5.41, 5.74) is 0. The molecular formula is C10H24N2S. The molecule has 0 aliphatic heterocycles. The third kappa shape index (κ3) is 10.2. The molecule has 1 atom stereocenters. The molecule has 0 aromatic rings. The van der Waals surface area contributed by atoms with E-state index in [4.69, 9.17) is 0 Å². The quantitative estimate of drug-likeness (QED) is 0.606. The summed E-state index contributed by atoms with van der Waals surface area (Å²) < 4.78 is 0. The fourth-order valence-electron chi connectivity index (χ4n) is 0.878. The van der Waals surface area contributed by atoms with Crippen LogP contribution in [0.1, 0.15) is 20.3 Å². The lowest BCUT2D eigenvalue weighted by atomic mass is 10.4. The van der Waals surface area contributed by atoms with E-state index in [9.17, 15) is 0 Å². The number of hydrogen-bond acceptors (Lipinski definition) is 3. The molecule has 0 rings (SSSR count). The Morgan fingerprint density at radius 3 is 2.54 bits per heavy atom. The van der Waals surface area contributed by atoms with Crippen molar-refractivity contribution < 1.29 is 0 Å². The SMILES string of the molecule is CCC(C)SCCNCCN(C)C. The summed E-state index contributed by atoms with van der Waals surface area (Å²) in [7, 11) is 4.21. The predicted molar refractivity (Wildman–Crippen MR) is 63.6 cm³/mol. The van der Waals surface area contributed by atoms with Gasteiger partial charge in [-0.3, -0.25) is 0 Å². The molecular weight excluding hydrogens is 180 g/mol. The lowest BCUT2D eigenvalue weighted by Gasteiger charge is -2.11. The van der Waals surface area contributed by atoms with Crippen molar-refractivity contribution in [3.05, 3.63) is 0 Å². The topological polar surface area (TPSA) is 15.3 Å². The molecule has 1 unspecified atom stereocenters. The normalized spacial score (nSPS) is 13.6. The molecule has 0 amide bonds. The zero-order chi connectivity index (χ0) is 10.1. The van der Waals surface area contributed by atoms with Gasteiger partial charge in [0.05, 0.1) is 0 Å². The molecule has 0 heterocycles. The monoisotopic (exact) mass is 204 g/mol. The van der Waals surface area contributed by atoms with Crippen LogP contribution in [0.3, 0.4) is 0 Å². The number of likely N-dealkylation sites (N-methyl/N-ethyl adjacent to an activating group) is 1. The molecule has 0 saturated heterocycles. The molecule has 2 nitrogen and oxygen atoms in total. The fraction of sp³-hybridized carbons (Fsp3) is 1.00. The summed E-state index contributed by atoms with van der Waals surface area (Å²) in [6, 6.07) is 0. The summed E-state index contributed by atoms with van der Waals surface area (Å²) in [5.74, 6) is 1.24. The van der Waals surface area contributed by atoms with Gasteiger partial charge in [-0.25, -0.2) is 0 Å². The summed E-state index contributed by atoms with van der Waals surface area (Å²) >= 11 is 2.06. The van der Waals surface area contributed by atoms with Gasteiger partial charge in [0, 0.05) is 30.6 Å². The highest BCUT2D eigenvalue weighted by molar-refractivity contribution is 7.99. The zero-order valence-electron chi connectivity index (χ0n) is 9.47. The Bertz CT molecular complexity index is 107. The number of hydrogen-bond donors (Lipinski definition) is 1. The first-order valence-electron chi connectivity index (χ1n) is 5.13. The molecule has 0 fully saturated rings. The maximum absolute atomic E-state index is 3.43. The molecule has 0 aliphatic rings. The van der Waals surface area contributed by atoms with Crippen molar-refractivity contribution in [3.8, 4) is 0 Å². The Labute approximate surface area is 87.5 Å². The second-order valence-electron chi connectivity index (χ2n) is 3.64. The second kappa shape index (κ2) is 8.85. The fourth-order valence-corrected chi connectivity index (χ4v) is 1.78. The van der Waals surface area contributed by atoms with Crippen LogP contribution in [0.5, 0.6) is 0 Å². The maximum atomic E-state index is 3.43. The van der Waals surface area contributed by atoms with Gasteiger partial charge in [0.15, 0.2) is 0 Å². The van der Waals surface area contributed by atoms with Crippen LogP contribution in [0.25, 0.3) is 0 Å². The Kier molecular flexibility index (Phi) is 9.03. The highest BCUT2D eigenvalue weighted by atomic mass is 32.2. The van der Waals surface area contributed by atoms with E-state index < -0.39 is 0 Å². The second-order valence-corrected chi connectivity index (χ2v) is 5.19. The van der Waals surface area contributed by atoms with E-state index in [2.05, 4.69) is 49.9 Å². The van der Waals surface area contributed by atoms with Crippen LogP contribution in [0.4, 0.5) is 0 Å². The first-order valence-corrected chi connectivity index (χ1v) is 6.18. The molecule has 0 bridgehead atoms. The van der Waals surface area contributed by atoms with E-state index in [0.717, 1.165) is 24.9 Å². The smallest absolute Gasteiger partial charge is 0.0101 e. The average molecular weight is 204 g/mol. The molecule has 1 N–H and O–H groups in total. The molecule has 13 heavy (non-hydrogen) atoms. The van der Waals surface area contributed by atoms with Crippen LogP contribution in [-0.4, -0.2) is 49.6 Å². The van der Waals surface area contributed by atoms with E-state index in [1.54, 1.807) is 0 Å². The predicted octanol–water partition coefficient (Wildman–Crippen LogP) is 1.67. The molecule has 3 heteroatoms. The molecule has 0 aromatic carbocycles. The van der Waals surface area contributed by atoms with Crippen molar-refractivity contribution in [2.24, 2.45) is 0 Å². The van der Waals surface area contributed by atoms with Crippen molar-refractivity contribution in [1.29, 1.82) is 0 Å². The number of rotatable bonds is 8. The van der Waals surface area contributed by atoms with Crippen molar-refractivity contribution >= 4 is 11.8 Å². The first kappa shape index (κ1) is 13.3. The summed E-state index contributed by atoms with van der Waals surface area (Å²) in [6.07, 6.45) is 1.28. The highest BCUT2D eigenvalue weighted by Gasteiger charge is 1.97. The van der Waals surface area contributed by atoms with Crippen LogP contribution < -0.4 is 5.32 Å². The van der Waals surface area contributed by atoms with Crippen LogP contribution in [-0.2, 0) is 0 Å². The summed E-state index contributed by atoms with van der Waals surface area (Å²) in [5, 5.41) is 4.25. The van der Waals surface area contributed by atoms with Gasteiger partial charge in [-0.15, -0.1) is 0 Å². The molecule has 0 aromatic heterocycles. The molecule has 0 spiro atoms. The van der Waals surface area contributed by atoms with Crippen LogP contribution in [0.15, 0.2) is 0 Å². The van der Waals surface area contributed by atoms with E-state index in [0.29, 0.717) is 0 Å². The molecule has 0 radical (unpaired) electrons. The van der Waals surface area contributed by atoms with Gasteiger partial charge in [-0.05, 0) is 20.5 Å². The zero-order valence-corrected chi connectivity index (χ0v) is 10.3. The maximum Gasteiger partial charge on any atom is 0.0101 e. The lowest BCUT2D eigenvalue weighted by molar-refractivity contribution is 0.403. The number of nitrogens with one attached hydrogen (secondary N) is 1. The summed E-state index contributed by atoms with van der Waals surface area (Å²) in [6.45, 7) is 7.92. The van der Waals surface area contributed by atoms with Gasteiger partial charge in [0.1, 0.15) is 0 Å². The largest absolute Gasteiger partial charge is 0.315 e. The third-order valence-corrected chi connectivity index (χ3v) is 3.33. The van der Waals surface area contributed by atoms with Gasteiger partial charge < -0.3 is 10.2 Å². The van der Waals surface area contributed by atoms with Gasteiger partial charge in [-0.2, -0.15) is 11.8 Å². The highest BCUT2D eigenvalue weighted by Crippen LogP contribution is 2.11. The van der Waals surface area contributed by atoms with E-state index >= 15 is 0 Å². The van der Waals surface area contributed by atoms with Gasteiger partial charge in [0.25, 0.3) is 0 Å². The van der Waals surface area contributed by atoms with Crippen molar-refractivity contribution in [2.45, 2.75) is 25.5 Å². The minimum Gasteiger partial charge on any atom is -0.315 e. The van der Waals surface area contributed by atoms with E-state index in [1.165, 1.54) is 12.2 Å². The van der Waals surface area contributed by atoms with Crippen molar-refractivity contribution in [1.82, 2.24) is 10.2 Å². The Morgan fingerprint density at radius 1 is 1.31 bits per heavy atom. The Hall–Kier alpha value is 0.270. The van der Waals surface area contributed by atoms with Crippen LogP contribution in [0.2, 0.25) is 0 Å². The number of thioether (sulfide) groups is 1. The summed E-state index contributed by atoms with van der Waals surface area (Å²) in [4.78, 5) is 2.20. The lowest BCUT2D eigenvalue weighted by Crippen LogP contribution is -2.28. The number of nitrogens with zero attached hydrogens (tertiary/aromatic N) is 1. The van der Waals surface area contributed by atoms with Crippen LogP contribution >= 0.6 is 11.8 Å². The minimum absolute atomic E-state index is 0.815. The third-order valence-electron chi connectivity index (χ3n) is 1.99. The van der Waals surface area contributed by atoms with Crippen LogP contribution in [0, 0.1) is 0 Å². The standard InChI is InChI=1S/C10H24N2S/c1-5-10(2)13-9-7-11-6-8-12(3)4/h10-11H,5-9H2,1-4H3. The molecule has 80 valence electrons. The Morgan fingerprint density at radius 2 is 2.00 bits per heavy atom. The van der Waals surface area contributed by atoms with E-state index in [1.807, 2.05) is 0 Å². The van der Waals surface area contributed by atoms with Gasteiger partial charge >= 0.3 is 0 Å². The molecule has 0 aliphatic carbocycles. The van der Waals surface area contributed by atoms with E-state index in [-0.39, 0.29) is 0 Å². The van der Waals surface area contributed by atoms with Gasteiger partial charge in [-0.1, -0.05) is 13.8 Å². The van der Waals surface area contributed by atoms with Crippen molar-refractivity contribution in [3.63, 3.8) is 0 Å². The average Bonchev–Trinajstić information content (AvgIpc) is 2.10. The first-order chi connectivity index (χ1) is 6.16. The Balaban J connectivity index is 2.99. The van der Waals surface area contributed by atoms with Crippen molar-refractivity contribution in [2.75, 3.05) is 39.5 Å². The van der Waals surface area contributed by atoms with Gasteiger partial charge in [0.2, 0.25) is 0 Å².